The fraction of sp³-hybridized carbons (Fsp3) is 0.500. The molecule has 0 spiro atoms. The summed E-state index contributed by atoms with van der Waals surface area (Å²) in [5.74, 6) is -1.22. The number of hydrogen-bond donors (Lipinski definition) is 1. The summed E-state index contributed by atoms with van der Waals surface area (Å²) in [6.07, 6.45) is 0. The van der Waals surface area contributed by atoms with Crippen molar-refractivity contribution in [1.82, 2.24) is 0 Å². The lowest BCUT2D eigenvalue weighted by Gasteiger charge is -1.87. The van der Waals surface area contributed by atoms with Gasteiger partial charge in [0, 0.05) is 6.54 Å². The van der Waals surface area contributed by atoms with Crippen LogP contribution in [0.4, 0.5) is 0 Å². The average molecular weight is 111 g/mol. The maximum atomic E-state index is 9.13. The summed E-state index contributed by atoms with van der Waals surface area (Å²) in [5, 5.41) is 9.13. The SMILES string of the molecule is Cl.NCC(=O)[O-]. The molecule has 4 heteroatoms. The van der Waals surface area contributed by atoms with E-state index in [1.54, 1.807) is 0 Å². The van der Waals surface area contributed by atoms with Gasteiger partial charge in [-0.1, -0.05) is 0 Å². The molecule has 38 valence electrons. The first-order chi connectivity index (χ1) is 2.27. The molecule has 0 saturated carbocycles. The summed E-state index contributed by atoms with van der Waals surface area (Å²) in [4.78, 5) is 9.13. The van der Waals surface area contributed by atoms with Gasteiger partial charge in [0.15, 0.2) is 0 Å². The third-order valence-corrected chi connectivity index (χ3v) is 0.167. The lowest BCUT2D eigenvalue weighted by Crippen LogP contribution is -2.30. The highest BCUT2D eigenvalue weighted by Gasteiger charge is 1.65. The Morgan fingerprint density at radius 2 is 2.00 bits per heavy atom. The Labute approximate surface area is 41.6 Å². The largest absolute Gasteiger partial charge is 0.549 e. The Balaban J connectivity index is 0. The number of nitrogens with two attached hydrogens (primary N) is 1. The molecule has 0 aromatic rings. The predicted octanol–water partition coefficient (Wildman–Crippen LogP) is -1.88. The van der Waals surface area contributed by atoms with E-state index in [4.69, 9.17) is 9.90 Å². The van der Waals surface area contributed by atoms with Crippen LogP contribution in [0.3, 0.4) is 0 Å². The zero-order valence-corrected chi connectivity index (χ0v) is 3.83. The number of carboxylic acid groups (broad SMARTS) is 1. The van der Waals surface area contributed by atoms with Crippen molar-refractivity contribution in [1.29, 1.82) is 0 Å². The molecule has 0 aromatic heterocycles. The second-order valence-electron chi connectivity index (χ2n) is 0.576. The number of carboxylic acids is 1. The van der Waals surface area contributed by atoms with Crippen LogP contribution < -0.4 is 10.8 Å². The second kappa shape index (κ2) is 4.72. The molecule has 0 bridgehead atoms. The molecule has 2 N–H and O–H groups in total. The molecule has 0 atom stereocenters. The molecule has 0 aliphatic heterocycles. The van der Waals surface area contributed by atoms with Crippen molar-refractivity contribution in [2.45, 2.75) is 0 Å². The van der Waals surface area contributed by atoms with Crippen molar-refractivity contribution in [3.8, 4) is 0 Å². The zero-order valence-electron chi connectivity index (χ0n) is 3.01. The molecule has 3 nitrogen and oxygen atoms in total. The fourth-order valence-corrected chi connectivity index (χ4v) is 0. The van der Waals surface area contributed by atoms with Gasteiger partial charge in [-0.2, -0.15) is 0 Å². The molecule has 6 heavy (non-hydrogen) atoms. The Morgan fingerprint density at radius 1 is 1.83 bits per heavy atom. The summed E-state index contributed by atoms with van der Waals surface area (Å²) in [6, 6.07) is 0. The van der Waals surface area contributed by atoms with Crippen LogP contribution in [0.25, 0.3) is 0 Å². The Hall–Kier alpha value is -0.280. The maximum Gasteiger partial charge on any atom is 0.0550 e. The van der Waals surface area contributed by atoms with E-state index in [0.717, 1.165) is 0 Å². The van der Waals surface area contributed by atoms with E-state index in [-0.39, 0.29) is 19.0 Å². The fourth-order valence-electron chi connectivity index (χ4n) is 0. The molecule has 0 saturated heterocycles. The molecule has 0 aliphatic carbocycles. The summed E-state index contributed by atoms with van der Waals surface area (Å²) >= 11 is 0. The van der Waals surface area contributed by atoms with E-state index in [1.807, 2.05) is 0 Å². The van der Waals surface area contributed by atoms with Crippen molar-refractivity contribution in [2.24, 2.45) is 5.73 Å². The van der Waals surface area contributed by atoms with Crippen molar-refractivity contribution < 1.29 is 9.90 Å². The Bertz CT molecular complexity index is 46.8. The lowest BCUT2D eigenvalue weighted by molar-refractivity contribution is -0.303. The van der Waals surface area contributed by atoms with Crippen molar-refractivity contribution in [2.75, 3.05) is 6.54 Å². The molecule has 0 aliphatic rings. The van der Waals surface area contributed by atoms with Crippen LogP contribution in [0.2, 0.25) is 0 Å². The van der Waals surface area contributed by atoms with Gasteiger partial charge in [-0.15, -0.1) is 12.4 Å². The van der Waals surface area contributed by atoms with Gasteiger partial charge in [0.05, 0.1) is 5.97 Å². The van der Waals surface area contributed by atoms with Crippen LogP contribution in [-0.4, -0.2) is 12.5 Å². The monoisotopic (exact) mass is 110 g/mol. The second-order valence-corrected chi connectivity index (χ2v) is 0.576. The van der Waals surface area contributed by atoms with Crippen LogP contribution in [0.15, 0.2) is 0 Å². The molecule has 0 amide bonds. The van der Waals surface area contributed by atoms with Gasteiger partial charge < -0.3 is 15.6 Å². The number of carbonyl (C=O) groups is 1. The van der Waals surface area contributed by atoms with Gasteiger partial charge in [0.25, 0.3) is 0 Å². The summed E-state index contributed by atoms with van der Waals surface area (Å²) in [7, 11) is 0. The quantitative estimate of drug-likeness (QED) is 0.430. The van der Waals surface area contributed by atoms with Crippen LogP contribution in [-0.2, 0) is 4.79 Å². The lowest BCUT2D eigenvalue weighted by atomic mass is 10.7. The molecular formula is C2H5ClNO2-. The molecule has 0 fully saturated rings. The molecule has 0 unspecified atom stereocenters. The number of carbonyl (C=O) groups excluding carboxylic acids is 1. The van der Waals surface area contributed by atoms with Crippen molar-refractivity contribution >= 4 is 18.4 Å². The highest BCUT2D eigenvalue weighted by molar-refractivity contribution is 5.85. The van der Waals surface area contributed by atoms with Gasteiger partial charge in [-0.3, -0.25) is 0 Å². The first-order valence-corrected chi connectivity index (χ1v) is 1.17. The summed E-state index contributed by atoms with van der Waals surface area (Å²) in [5.41, 5.74) is 4.51. The van der Waals surface area contributed by atoms with Gasteiger partial charge in [0.2, 0.25) is 0 Å². The molecular weight excluding hydrogens is 105 g/mol. The third-order valence-electron chi connectivity index (χ3n) is 0.167. The smallest absolute Gasteiger partial charge is 0.0550 e. The Kier molecular flexibility index (Phi) is 7.24. The van der Waals surface area contributed by atoms with E-state index in [0.29, 0.717) is 0 Å². The summed E-state index contributed by atoms with van der Waals surface area (Å²) < 4.78 is 0. The number of hydrogen-bond acceptors (Lipinski definition) is 3. The van der Waals surface area contributed by atoms with E-state index in [2.05, 4.69) is 5.73 Å². The van der Waals surface area contributed by atoms with Crippen molar-refractivity contribution in [3.05, 3.63) is 0 Å². The van der Waals surface area contributed by atoms with E-state index >= 15 is 0 Å². The topological polar surface area (TPSA) is 66.2 Å². The summed E-state index contributed by atoms with van der Waals surface area (Å²) in [6.45, 7) is -0.389. The highest BCUT2D eigenvalue weighted by atomic mass is 35.5. The van der Waals surface area contributed by atoms with Gasteiger partial charge >= 0.3 is 0 Å². The van der Waals surface area contributed by atoms with Crippen LogP contribution in [0, 0.1) is 0 Å². The number of aliphatic carboxylic acids is 1. The molecule has 0 radical (unpaired) electrons. The minimum absolute atomic E-state index is 0. The zero-order chi connectivity index (χ0) is 4.28. The highest BCUT2D eigenvalue weighted by Crippen LogP contribution is 1.33. The van der Waals surface area contributed by atoms with Gasteiger partial charge in [-0.05, 0) is 0 Å². The van der Waals surface area contributed by atoms with Crippen molar-refractivity contribution in [3.63, 3.8) is 0 Å². The first kappa shape index (κ1) is 9.21. The molecule has 0 rings (SSSR count). The standard InChI is InChI=1S/C2H5NO2.ClH/c3-1-2(4)5;/h1,3H2,(H,4,5);1H/p-1. The minimum atomic E-state index is -1.22. The maximum absolute atomic E-state index is 9.13. The predicted molar refractivity (Wildman–Crippen MR) is 21.3 cm³/mol. The van der Waals surface area contributed by atoms with E-state index < -0.39 is 5.97 Å². The molecule has 0 heterocycles. The normalized spacial score (nSPS) is 6.17. The van der Waals surface area contributed by atoms with Crippen LogP contribution in [0.1, 0.15) is 0 Å². The minimum Gasteiger partial charge on any atom is -0.549 e. The third kappa shape index (κ3) is 9.30. The first-order valence-electron chi connectivity index (χ1n) is 1.17. The Morgan fingerprint density at radius 3 is 2.00 bits per heavy atom. The van der Waals surface area contributed by atoms with Crippen LogP contribution in [0.5, 0.6) is 0 Å². The number of halogens is 1. The number of rotatable bonds is 1. The van der Waals surface area contributed by atoms with Crippen LogP contribution >= 0.6 is 12.4 Å². The van der Waals surface area contributed by atoms with Gasteiger partial charge in [-0.25, -0.2) is 0 Å². The average Bonchev–Trinajstić information content (AvgIpc) is 1.38. The molecule has 0 aromatic carbocycles. The van der Waals surface area contributed by atoms with E-state index in [1.165, 1.54) is 0 Å². The van der Waals surface area contributed by atoms with E-state index in [9.17, 15) is 0 Å². The van der Waals surface area contributed by atoms with Gasteiger partial charge in [0.1, 0.15) is 0 Å².